The molecule has 25 heavy (non-hydrogen) atoms. The summed E-state index contributed by atoms with van der Waals surface area (Å²) in [4.78, 5) is 14.3. The number of nitrogens with one attached hydrogen (secondary N) is 1. The first-order valence-corrected chi connectivity index (χ1v) is 8.54. The number of aryl methyl sites for hydroxylation is 1. The van der Waals surface area contributed by atoms with E-state index in [9.17, 15) is 4.79 Å². The molecule has 0 aliphatic heterocycles. The smallest absolute Gasteiger partial charge is 0.276 e. The van der Waals surface area contributed by atoms with Crippen LogP contribution in [0.15, 0.2) is 65.1 Å². The molecular weight excluding hydrogens is 380 g/mol. The van der Waals surface area contributed by atoms with E-state index in [0.29, 0.717) is 5.82 Å². The van der Waals surface area contributed by atoms with Gasteiger partial charge in [0.1, 0.15) is 0 Å². The van der Waals surface area contributed by atoms with Crippen molar-refractivity contribution in [2.75, 3.05) is 17.3 Å². The molecule has 0 bridgehead atoms. The van der Waals surface area contributed by atoms with Gasteiger partial charge in [-0.1, -0.05) is 34.1 Å². The molecule has 0 saturated heterocycles. The highest BCUT2D eigenvalue weighted by atomic mass is 79.9. The number of hydrogen-bond donors (Lipinski definition) is 1. The predicted octanol–water partition coefficient (Wildman–Crippen LogP) is 4.57. The second kappa shape index (κ2) is 7.44. The first-order valence-electron chi connectivity index (χ1n) is 7.74. The number of carbonyl (C=O) groups is 1. The van der Waals surface area contributed by atoms with Crippen LogP contribution in [0.5, 0.6) is 0 Å². The number of anilines is 3. The molecule has 0 saturated carbocycles. The van der Waals surface area contributed by atoms with Crippen molar-refractivity contribution >= 4 is 39.0 Å². The first kappa shape index (κ1) is 17.1. The summed E-state index contributed by atoms with van der Waals surface area (Å²) in [6.45, 7) is 1.93. The van der Waals surface area contributed by atoms with E-state index < -0.39 is 0 Å². The normalized spacial score (nSPS) is 10.4. The van der Waals surface area contributed by atoms with Gasteiger partial charge in [0, 0.05) is 22.9 Å². The lowest BCUT2D eigenvalue weighted by Gasteiger charge is -2.17. The van der Waals surface area contributed by atoms with Crippen molar-refractivity contribution in [3.05, 3.63) is 76.4 Å². The van der Waals surface area contributed by atoms with Crippen molar-refractivity contribution in [2.45, 2.75) is 6.92 Å². The second-order valence-electron chi connectivity index (χ2n) is 5.58. The molecule has 3 aromatic rings. The third kappa shape index (κ3) is 4.03. The van der Waals surface area contributed by atoms with Crippen LogP contribution < -0.4 is 10.2 Å². The average molecular weight is 397 g/mol. The van der Waals surface area contributed by atoms with Crippen LogP contribution in [0.1, 0.15) is 16.1 Å². The zero-order valence-corrected chi connectivity index (χ0v) is 15.5. The molecule has 0 aliphatic rings. The molecule has 0 aliphatic carbocycles. The van der Waals surface area contributed by atoms with Gasteiger partial charge >= 0.3 is 0 Å². The molecule has 6 heteroatoms. The second-order valence-corrected chi connectivity index (χ2v) is 6.50. The van der Waals surface area contributed by atoms with Crippen LogP contribution in [0.4, 0.5) is 17.2 Å². The van der Waals surface area contributed by atoms with E-state index in [1.807, 2.05) is 67.4 Å². The Morgan fingerprint density at radius 2 is 1.80 bits per heavy atom. The highest BCUT2D eigenvalue weighted by Crippen LogP contribution is 2.22. The van der Waals surface area contributed by atoms with E-state index in [1.165, 1.54) is 0 Å². The predicted molar refractivity (Wildman–Crippen MR) is 103 cm³/mol. The number of carbonyl (C=O) groups excluding carboxylic acids is 1. The molecule has 0 radical (unpaired) electrons. The standard InChI is InChI=1S/C19H17BrN4O/c1-13-12-14(20)8-9-16(13)21-19(25)17-10-11-18(23-22-17)24(2)15-6-4-3-5-7-15/h3-12H,1-2H3,(H,21,25). The molecule has 126 valence electrons. The molecule has 0 unspecified atom stereocenters. The van der Waals surface area contributed by atoms with Crippen molar-refractivity contribution in [3.63, 3.8) is 0 Å². The maximum absolute atomic E-state index is 12.4. The zero-order valence-electron chi connectivity index (χ0n) is 13.9. The van der Waals surface area contributed by atoms with Crippen molar-refractivity contribution in [1.82, 2.24) is 10.2 Å². The fourth-order valence-corrected chi connectivity index (χ4v) is 2.84. The highest BCUT2D eigenvalue weighted by Gasteiger charge is 2.12. The summed E-state index contributed by atoms with van der Waals surface area (Å²) >= 11 is 3.41. The van der Waals surface area contributed by atoms with Crippen LogP contribution in [0.2, 0.25) is 0 Å². The molecule has 2 aromatic carbocycles. The maximum atomic E-state index is 12.4. The fraction of sp³-hybridized carbons (Fsp3) is 0.105. The quantitative estimate of drug-likeness (QED) is 0.701. The third-order valence-corrected chi connectivity index (χ3v) is 4.30. The van der Waals surface area contributed by atoms with E-state index >= 15 is 0 Å². The van der Waals surface area contributed by atoms with E-state index in [4.69, 9.17) is 0 Å². The Kier molecular flexibility index (Phi) is 5.09. The van der Waals surface area contributed by atoms with E-state index in [1.54, 1.807) is 12.1 Å². The molecule has 0 atom stereocenters. The molecule has 5 nitrogen and oxygen atoms in total. The average Bonchev–Trinajstić information content (AvgIpc) is 2.64. The van der Waals surface area contributed by atoms with Gasteiger partial charge in [0.05, 0.1) is 0 Å². The number of aromatic nitrogens is 2. The van der Waals surface area contributed by atoms with Gasteiger partial charge in [-0.2, -0.15) is 0 Å². The van der Waals surface area contributed by atoms with Gasteiger partial charge in [-0.15, -0.1) is 10.2 Å². The van der Waals surface area contributed by atoms with Crippen molar-refractivity contribution in [2.24, 2.45) is 0 Å². The number of halogens is 1. The lowest BCUT2D eigenvalue weighted by atomic mass is 10.2. The molecule has 0 fully saturated rings. The minimum atomic E-state index is -0.285. The SMILES string of the molecule is Cc1cc(Br)ccc1NC(=O)c1ccc(N(C)c2ccccc2)nn1. The fourth-order valence-electron chi connectivity index (χ4n) is 2.36. The number of rotatable bonds is 4. The summed E-state index contributed by atoms with van der Waals surface area (Å²) in [6.07, 6.45) is 0. The van der Waals surface area contributed by atoms with Gasteiger partial charge in [0.25, 0.3) is 5.91 Å². The topological polar surface area (TPSA) is 58.1 Å². The van der Waals surface area contributed by atoms with Crippen LogP contribution in [0.25, 0.3) is 0 Å². The summed E-state index contributed by atoms with van der Waals surface area (Å²) in [5, 5.41) is 11.1. The van der Waals surface area contributed by atoms with Gasteiger partial charge in [-0.3, -0.25) is 4.79 Å². The first-order chi connectivity index (χ1) is 12.0. The van der Waals surface area contributed by atoms with E-state index in [0.717, 1.165) is 21.4 Å². The summed E-state index contributed by atoms with van der Waals surface area (Å²) < 4.78 is 0.969. The monoisotopic (exact) mass is 396 g/mol. The molecule has 0 spiro atoms. The largest absolute Gasteiger partial charge is 0.328 e. The summed E-state index contributed by atoms with van der Waals surface area (Å²) in [7, 11) is 1.91. The van der Waals surface area contributed by atoms with E-state index in [-0.39, 0.29) is 11.6 Å². The Hall–Kier alpha value is -2.73. The number of nitrogens with zero attached hydrogens (tertiary/aromatic N) is 3. The maximum Gasteiger partial charge on any atom is 0.276 e. The number of amides is 1. The third-order valence-electron chi connectivity index (χ3n) is 3.81. The minimum absolute atomic E-state index is 0.271. The number of para-hydroxylation sites is 1. The highest BCUT2D eigenvalue weighted by molar-refractivity contribution is 9.10. The summed E-state index contributed by atoms with van der Waals surface area (Å²) in [6, 6.07) is 19.0. The van der Waals surface area contributed by atoms with E-state index in [2.05, 4.69) is 31.4 Å². The number of benzene rings is 2. The minimum Gasteiger partial charge on any atom is -0.328 e. The van der Waals surface area contributed by atoms with Gasteiger partial charge in [-0.25, -0.2) is 0 Å². The Labute approximate surface area is 154 Å². The lowest BCUT2D eigenvalue weighted by molar-refractivity contribution is 0.102. The van der Waals surface area contributed by atoms with Crippen LogP contribution in [0.3, 0.4) is 0 Å². The van der Waals surface area contributed by atoms with Gasteiger partial charge in [-0.05, 0) is 55.0 Å². The van der Waals surface area contributed by atoms with Crippen molar-refractivity contribution in [3.8, 4) is 0 Å². The molecule has 3 rings (SSSR count). The van der Waals surface area contributed by atoms with Crippen LogP contribution >= 0.6 is 15.9 Å². The van der Waals surface area contributed by atoms with Crippen molar-refractivity contribution < 1.29 is 4.79 Å². The zero-order chi connectivity index (χ0) is 17.8. The Morgan fingerprint density at radius 3 is 2.44 bits per heavy atom. The molecular formula is C19H17BrN4O. The molecule has 1 amide bonds. The molecule has 1 aromatic heterocycles. The van der Waals surface area contributed by atoms with Crippen LogP contribution in [-0.2, 0) is 0 Å². The molecule has 1 heterocycles. The van der Waals surface area contributed by atoms with Gasteiger partial charge in [0.15, 0.2) is 11.5 Å². The Bertz CT molecular complexity index is 882. The Balaban J connectivity index is 1.74. The van der Waals surface area contributed by atoms with Crippen LogP contribution in [-0.4, -0.2) is 23.2 Å². The Morgan fingerprint density at radius 1 is 1.04 bits per heavy atom. The van der Waals surface area contributed by atoms with Gasteiger partial charge < -0.3 is 10.2 Å². The summed E-state index contributed by atoms with van der Waals surface area (Å²) in [5.41, 5.74) is 2.99. The van der Waals surface area contributed by atoms with Crippen LogP contribution in [0, 0.1) is 6.92 Å². The van der Waals surface area contributed by atoms with Gasteiger partial charge in [0.2, 0.25) is 0 Å². The summed E-state index contributed by atoms with van der Waals surface area (Å²) in [5.74, 6) is 0.384. The number of hydrogen-bond acceptors (Lipinski definition) is 4. The lowest BCUT2D eigenvalue weighted by Crippen LogP contribution is -2.17. The molecule has 1 N–H and O–H groups in total. The van der Waals surface area contributed by atoms with Crippen molar-refractivity contribution in [1.29, 1.82) is 0 Å².